The van der Waals surface area contributed by atoms with E-state index in [9.17, 15) is 0 Å². The molecule has 0 unspecified atom stereocenters. The lowest BCUT2D eigenvalue weighted by molar-refractivity contribution is 0.174. The Labute approximate surface area is 119 Å². The van der Waals surface area contributed by atoms with Gasteiger partial charge in [-0.05, 0) is 19.1 Å². The number of benzene rings is 1. The summed E-state index contributed by atoms with van der Waals surface area (Å²) < 4.78 is 15.8. The number of thioether (sulfide) groups is 1. The molecule has 0 amide bonds. The van der Waals surface area contributed by atoms with E-state index in [0.717, 1.165) is 11.1 Å². The molecular weight excluding hydrogens is 278 g/mol. The van der Waals surface area contributed by atoms with Crippen molar-refractivity contribution in [1.82, 2.24) is 15.1 Å². The van der Waals surface area contributed by atoms with E-state index in [4.69, 9.17) is 13.7 Å². The van der Waals surface area contributed by atoms with Crippen molar-refractivity contribution >= 4 is 22.9 Å². The molecule has 2 aromatic heterocycles. The molecule has 1 atom stereocenters. The van der Waals surface area contributed by atoms with Gasteiger partial charge in [0.05, 0.1) is 5.25 Å². The van der Waals surface area contributed by atoms with Gasteiger partial charge in [0.1, 0.15) is 12.1 Å². The number of nitrogens with zero attached hydrogens (tertiary/aromatic N) is 3. The number of fused-ring (bicyclic) bond motifs is 1. The van der Waals surface area contributed by atoms with Gasteiger partial charge < -0.3 is 13.7 Å². The van der Waals surface area contributed by atoms with E-state index in [2.05, 4.69) is 15.1 Å². The highest BCUT2D eigenvalue weighted by atomic mass is 32.2. The molecule has 0 aliphatic carbocycles. The van der Waals surface area contributed by atoms with Crippen LogP contribution in [0.2, 0.25) is 0 Å². The van der Waals surface area contributed by atoms with Crippen LogP contribution in [0.15, 0.2) is 38.4 Å². The number of hydrogen-bond donors (Lipinski definition) is 0. The van der Waals surface area contributed by atoms with E-state index >= 15 is 0 Å². The first-order valence-corrected chi connectivity index (χ1v) is 6.98. The van der Waals surface area contributed by atoms with Gasteiger partial charge >= 0.3 is 0 Å². The van der Waals surface area contributed by atoms with Crippen LogP contribution in [-0.4, -0.2) is 22.2 Å². The predicted octanol–water partition coefficient (Wildman–Crippen LogP) is 3.21. The van der Waals surface area contributed by atoms with Gasteiger partial charge in [-0.2, -0.15) is 4.98 Å². The van der Waals surface area contributed by atoms with Gasteiger partial charge in [-0.1, -0.05) is 29.1 Å². The van der Waals surface area contributed by atoms with Gasteiger partial charge in [-0.3, -0.25) is 0 Å². The second-order valence-electron chi connectivity index (χ2n) is 4.19. The minimum atomic E-state index is -0.0406. The minimum absolute atomic E-state index is 0.0406. The Bertz CT molecular complexity index is 677. The smallest absolute Gasteiger partial charge is 0.257 e. The van der Waals surface area contributed by atoms with Crippen LogP contribution in [0.25, 0.3) is 11.1 Å². The van der Waals surface area contributed by atoms with Gasteiger partial charge in [-0.15, -0.1) is 0 Å². The molecule has 2 heterocycles. The van der Waals surface area contributed by atoms with Crippen molar-refractivity contribution in [1.29, 1.82) is 0 Å². The highest BCUT2D eigenvalue weighted by Gasteiger charge is 2.18. The average molecular weight is 291 g/mol. The SMILES string of the molecule is COCc1noc([C@@H](C)Sc2nc3ccccc3o2)n1. The summed E-state index contributed by atoms with van der Waals surface area (Å²) in [7, 11) is 1.59. The molecule has 0 fully saturated rings. The van der Waals surface area contributed by atoms with Gasteiger partial charge in [0.15, 0.2) is 11.4 Å². The first-order chi connectivity index (χ1) is 9.76. The summed E-state index contributed by atoms with van der Waals surface area (Å²) >= 11 is 1.44. The van der Waals surface area contributed by atoms with Crippen LogP contribution in [-0.2, 0) is 11.3 Å². The van der Waals surface area contributed by atoms with Crippen LogP contribution in [0.3, 0.4) is 0 Å². The standard InChI is InChI=1S/C13H13N3O3S/c1-8(12-15-11(7-17-2)16-19-12)20-13-14-9-5-3-4-6-10(9)18-13/h3-6,8H,7H2,1-2H3/t8-/m1/s1. The number of methoxy groups -OCH3 is 1. The normalized spacial score (nSPS) is 12.9. The Kier molecular flexibility index (Phi) is 3.70. The Morgan fingerprint density at radius 1 is 1.30 bits per heavy atom. The lowest BCUT2D eigenvalue weighted by atomic mass is 10.3. The lowest BCUT2D eigenvalue weighted by Gasteiger charge is -2.00. The minimum Gasteiger partial charge on any atom is -0.431 e. The zero-order valence-electron chi connectivity index (χ0n) is 11.1. The summed E-state index contributed by atoms with van der Waals surface area (Å²) in [5.74, 6) is 1.07. The largest absolute Gasteiger partial charge is 0.431 e. The van der Waals surface area contributed by atoms with Gasteiger partial charge in [0.25, 0.3) is 5.22 Å². The van der Waals surface area contributed by atoms with E-state index in [0.29, 0.717) is 23.5 Å². The fourth-order valence-corrected chi connectivity index (χ4v) is 2.51. The summed E-state index contributed by atoms with van der Waals surface area (Å²) in [6.45, 7) is 2.30. The van der Waals surface area contributed by atoms with Crippen molar-refractivity contribution in [2.75, 3.05) is 7.11 Å². The number of rotatable bonds is 5. The second-order valence-corrected chi connectivity index (χ2v) is 5.48. The average Bonchev–Trinajstić information content (AvgIpc) is 3.04. The van der Waals surface area contributed by atoms with Crippen molar-refractivity contribution in [2.24, 2.45) is 0 Å². The fourth-order valence-electron chi connectivity index (χ4n) is 1.72. The monoisotopic (exact) mass is 291 g/mol. The maximum absolute atomic E-state index is 5.65. The van der Waals surface area contributed by atoms with E-state index in [1.165, 1.54) is 11.8 Å². The molecule has 0 bridgehead atoms. The highest BCUT2D eigenvalue weighted by molar-refractivity contribution is 7.99. The maximum atomic E-state index is 5.65. The number of ether oxygens (including phenoxy) is 1. The molecule has 3 aromatic rings. The third kappa shape index (κ3) is 2.68. The van der Waals surface area contributed by atoms with Crippen molar-refractivity contribution in [3.05, 3.63) is 36.0 Å². The fraction of sp³-hybridized carbons (Fsp3) is 0.308. The maximum Gasteiger partial charge on any atom is 0.257 e. The predicted molar refractivity (Wildman–Crippen MR) is 73.3 cm³/mol. The van der Waals surface area contributed by atoms with Crippen LogP contribution in [0, 0.1) is 0 Å². The zero-order valence-corrected chi connectivity index (χ0v) is 11.9. The van der Waals surface area contributed by atoms with Crippen molar-refractivity contribution in [3.63, 3.8) is 0 Å². The van der Waals surface area contributed by atoms with Crippen molar-refractivity contribution in [2.45, 2.75) is 24.0 Å². The van der Waals surface area contributed by atoms with E-state index < -0.39 is 0 Å². The molecule has 0 saturated heterocycles. The highest BCUT2D eigenvalue weighted by Crippen LogP contribution is 2.34. The topological polar surface area (TPSA) is 74.2 Å². The van der Waals surface area contributed by atoms with Crippen molar-refractivity contribution < 1.29 is 13.7 Å². The van der Waals surface area contributed by atoms with E-state index in [1.807, 2.05) is 31.2 Å². The Morgan fingerprint density at radius 2 is 2.15 bits per heavy atom. The molecule has 7 heteroatoms. The third-order valence-electron chi connectivity index (χ3n) is 2.66. The molecule has 104 valence electrons. The molecule has 0 aliphatic heterocycles. The first kappa shape index (κ1) is 13.1. The van der Waals surface area contributed by atoms with Gasteiger partial charge in [0.2, 0.25) is 5.89 Å². The Balaban J connectivity index is 1.75. The Hall–Kier alpha value is -1.86. The molecule has 0 aliphatic rings. The van der Waals surface area contributed by atoms with E-state index in [1.54, 1.807) is 7.11 Å². The first-order valence-electron chi connectivity index (χ1n) is 6.10. The molecule has 3 rings (SSSR count). The molecule has 20 heavy (non-hydrogen) atoms. The Morgan fingerprint density at radius 3 is 2.95 bits per heavy atom. The van der Waals surface area contributed by atoms with E-state index in [-0.39, 0.29) is 5.25 Å². The third-order valence-corrected chi connectivity index (χ3v) is 3.59. The summed E-state index contributed by atoms with van der Waals surface area (Å²) in [4.78, 5) is 8.66. The number of aromatic nitrogens is 3. The van der Waals surface area contributed by atoms with Gasteiger partial charge in [0, 0.05) is 7.11 Å². The molecule has 0 N–H and O–H groups in total. The lowest BCUT2D eigenvalue weighted by Crippen LogP contribution is -1.92. The summed E-state index contributed by atoms with van der Waals surface area (Å²) in [5, 5.41) is 4.38. The summed E-state index contributed by atoms with van der Waals surface area (Å²) in [5.41, 5.74) is 1.61. The molecule has 0 saturated carbocycles. The van der Waals surface area contributed by atoms with Crippen LogP contribution in [0.1, 0.15) is 23.9 Å². The van der Waals surface area contributed by atoms with Crippen LogP contribution in [0.5, 0.6) is 0 Å². The molecule has 6 nitrogen and oxygen atoms in total. The number of para-hydroxylation sites is 2. The molecule has 1 aromatic carbocycles. The van der Waals surface area contributed by atoms with Crippen LogP contribution >= 0.6 is 11.8 Å². The molecule has 0 radical (unpaired) electrons. The number of oxazole rings is 1. The summed E-state index contributed by atoms with van der Waals surface area (Å²) in [6, 6.07) is 7.65. The second kappa shape index (κ2) is 5.64. The quantitative estimate of drug-likeness (QED) is 0.668. The van der Waals surface area contributed by atoms with Crippen LogP contribution < -0.4 is 0 Å². The number of hydrogen-bond acceptors (Lipinski definition) is 7. The van der Waals surface area contributed by atoms with Gasteiger partial charge in [-0.25, -0.2) is 4.98 Å². The van der Waals surface area contributed by atoms with Crippen molar-refractivity contribution in [3.8, 4) is 0 Å². The molecule has 0 spiro atoms. The summed E-state index contributed by atoms with van der Waals surface area (Å²) in [6.07, 6.45) is 0. The van der Waals surface area contributed by atoms with Crippen LogP contribution in [0.4, 0.5) is 0 Å². The zero-order chi connectivity index (χ0) is 13.9. The molecular formula is C13H13N3O3S.